The minimum atomic E-state index is -4.47. The van der Waals surface area contributed by atoms with Gasteiger partial charge in [-0.25, -0.2) is 14.4 Å². The molecule has 194 valence electrons. The monoisotopic (exact) mass is 525 g/mol. The maximum atomic E-state index is 14.8. The second-order valence-electron chi connectivity index (χ2n) is 9.01. The van der Waals surface area contributed by atoms with E-state index in [2.05, 4.69) is 31.6 Å². The van der Waals surface area contributed by atoms with Crippen LogP contribution in [0.4, 0.5) is 23.4 Å². The zero-order valence-corrected chi connectivity index (χ0v) is 19.9. The molecule has 38 heavy (non-hydrogen) atoms. The summed E-state index contributed by atoms with van der Waals surface area (Å²) in [7, 11) is 1.67. The van der Waals surface area contributed by atoms with Crippen molar-refractivity contribution in [3.63, 3.8) is 0 Å². The van der Waals surface area contributed by atoms with Crippen molar-refractivity contribution in [2.24, 2.45) is 7.05 Å². The Labute approximate surface area is 213 Å². The van der Waals surface area contributed by atoms with Crippen LogP contribution < -0.4 is 5.32 Å². The number of anilines is 1. The first-order valence-electron chi connectivity index (χ1n) is 11.4. The Morgan fingerprint density at radius 2 is 1.89 bits per heavy atom. The van der Waals surface area contributed by atoms with E-state index in [1.165, 1.54) is 29.2 Å². The van der Waals surface area contributed by atoms with Gasteiger partial charge in [-0.05, 0) is 30.0 Å². The van der Waals surface area contributed by atoms with Gasteiger partial charge in [-0.1, -0.05) is 17.3 Å². The van der Waals surface area contributed by atoms with E-state index >= 15 is 0 Å². The number of nitriles is 1. The van der Waals surface area contributed by atoms with Crippen molar-refractivity contribution in [1.29, 1.82) is 5.26 Å². The predicted octanol–water partition coefficient (Wildman–Crippen LogP) is 4.24. The minimum Gasteiger partial charge on any atom is -0.358 e. The molecule has 0 saturated heterocycles. The number of benzene rings is 1. The number of nitrogens with zero attached hydrogens (tertiary/aromatic N) is 6. The molecule has 0 radical (unpaired) electrons. The van der Waals surface area contributed by atoms with E-state index in [-0.39, 0.29) is 36.4 Å². The first-order chi connectivity index (χ1) is 18.1. The Balaban J connectivity index is 1.22. The Morgan fingerprint density at radius 3 is 2.53 bits per heavy atom. The Bertz CT molecular complexity index is 1550. The molecule has 3 aromatic heterocycles. The number of carbonyl (C=O) groups excluding carboxylic acids is 1. The largest absolute Gasteiger partial charge is 0.401 e. The second kappa shape index (κ2) is 9.37. The Kier molecular flexibility index (Phi) is 6.18. The molecule has 1 amide bonds. The van der Waals surface area contributed by atoms with Crippen LogP contribution in [0.5, 0.6) is 0 Å². The lowest BCUT2D eigenvalue weighted by atomic mass is 10.0. The van der Waals surface area contributed by atoms with Crippen molar-refractivity contribution in [3.8, 4) is 17.2 Å². The summed E-state index contributed by atoms with van der Waals surface area (Å²) in [6, 6.07) is 7.41. The fourth-order valence-electron chi connectivity index (χ4n) is 4.11. The van der Waals surface area contributed by atoms with Crippen LogP contribution in [-0.4, -0.2) is 37.0 Å². The zero-order valence-electron chi connectivity index (χ0n) is 19.9. The van der Waals surface area contributed by atoms with Crippen LogP contribution in [0.15, 0.2) is 47.4 Å². The van der Waals surface area contributed by atoms with Gasteiger partial charge < -0.3 is 9.84 Å². The second-order valence-corrected chi connectivity index (χ2v) is 9.01. The molecule has 1 aliphatic carbocycles. The van der Waals surface area contributed by atoms with E-state index < -0.39 is 23.3 Å². The van der Waals surface area contributed by atoms with Gasteiger partial charge in [0.25, 0.3) is 0 Å². The first-order valence-corrected chi connectivity index (χ1v) is 11.4. The van der Waals surface area contributed by atoms with E-state index in [0.717, 1.165) is 6.07 Å². The lowest BCUT2D eigenvalue weighted by molar-refractivity contribution is -0.165. The third-order valence-corrected chi connectivity index (χ3v) is 6.45. The molecule has 0 atom stereocenters. The van der Waals surface area contributed by atoms with Gasteiger partial charge in [0.15, 0.2) is 11.6 Å². The van der Waals surface area contributed by atoms with Crippen molar-refractivity contribution in [1.82, 2.24) is 24.9 Å². The summed E-state index contributed by atoms with van der Waals surface area (Å²) >= 11 is 0. The van der Waals surface area contributed by atoms with Gasteiger partial charge in [-0.2, -0.15) is 23.5 Å². The van der Waals surface area contributed by atoms with Gasteiger partial charge in [0.2, 0.25) is 5.91 Å². The summed E-state index contributed by atoms with van der Waals surface area (Å²) in [4.78, 5) is 20.9. The highest BCUT2D eigenvalue weighted by atomic mass is 19.4. The molecular formula is C25H19F4N7O2. The molecule has 1 fully saturated rings. The molecule has 4 aromatic rings. The highest BCUT2D eigenvalue weighted by Gasteiger charge is 2.66. The van der Waals surface area contributed by atoms with Gasteiger partial charge in [0, 0.05) is 43.1 Å². The minimum absolute atomic E-state index is 0.0853. The van der Waals surface area contributed by atoms with Crippen LogP contribution >= 0.6 is 0 Å². The molecule has 3 heterocycles. The Morgan fingerprint density at radius 1 is 1.16 bits per heavy atom. The molecular weight excluding hydrogens is 506 g/mol. The van der Waals surface area contributed by atoms with Crippen LogP contribution in [-0.2, 0) is 30.1 Å². The van der Waals surface area contributed by atoms with Crippen LogP contribution in [0.3, 0.4) is 0 Å². The van der Waals surface area contributed by atoms with Crippen LogP contribution in [0.25, 0.3) is 11.1 Å². The summed E-state index contributed by atoms with van der Waals surface area (Å²) in [6.07, 6.45) is -0.0838. The molecule has 9 nitrogen and oxygen atoms in total. The fourth-order valence-corrected chi connectivity index (χ4v) is 4.11. The predicted molar refractivity (Wildman–Crippen MR) is 124 cm³/mol. The quantitative estimate of drug-likeness (QED) is 0.358. The third kappa shape index (κ3) is 4.72. The summed E-state index contributed by atoms with van der Waals surface area (Å²) in [5, 5.41) is 19.1. The van der Waals surface area contributed by atoms with Gasteiger partial charge in [0.1, 0.15) is 28.8 Å². The molecule has 1 aliphatic rings. The van der Waals surface area contributed by atoms with Crippen molar-refractivity contribution in [2.75, 3.05) is 5.32 Å². The highest BCUT2D eigenvalue weighted by Crippen LogP contribution is 2.59. The topological polar surface area (TPSA) is 123 Å². The van der Waals surface area contributed by atoms with E-state index in [1.54, 1.807) is 19.3 Å². The highest BCUT2D eigenvalue weighted by molar-refractivity contribution is 5.91. The summed E-state index contributed by atoms with van der Waals surface area (Å²) in [5.41, 5.74) is 0.166. The van der Waals surface area contributed by atoms with Crippen LogP contribution in [0, 0.1) is 17.1 Å². The molecule has 13 heteroatoms. The lowest BCUT2D eigenvalue weighted by Crippen LogP contribution is -2.28. The average molecular weight is 525 g/mol. The van der Waals surface area contributed by atoms with E-state index in [0.29, 0.717) is 34.6 Å². The molecule has 0 aliphatic heterocycles. The van der Waals surface area contributed by atoms with E-state index in [1.807, 2.05) is 0 Å². The number of halogens is 4. The van der Waals surface area contributed by atoms with Crippen molar-refractivity contribution >= 4 is 11.7 Å². The zero-order chi connectivity index (χ0) is 27.1. The maximum Gasteiger partial charge on any atom is 0.401 e. The molecule has 1 saturated carbocycles. The number of alkyl halides is 3. The average Bonchev–Trinajstić information content (AvgIpc) is 3.46. The van der Waals surface area contributed by atoms with Gasteiger partial charge in [0.05, 0.1) is 12.6 Å². The number of carbonyl (C=O) groups is 1. The van der Waals surface area contributed by atoms with E-state index in [4.69, 9.17) is 4.52 Å². The molecule has 0 spiro atoms. The molecule has 0 bridgehead atoms. The number of nitrogens with one attached hydrogen (secondary N) is 1. The van der Waals surface area contributed by atoms with E-state index in [9.17, 15) is 27.6 Å². The number of hydrogen-bond acceptors (Lipinski definition) is 7. The number of rotatable bonds is 7. The van der Waals surface area contributed by atoms with Crippen molar-refractivity contribution in [3.05, 3.63) is 77.1 Å². The smallest absolute Gasteiger partial charge is 0.358 e. The standard InChI is InChI=1S/C25H19F4N7O2/c1-36-19(10-30)16(13-33-36)7-21-31-11-17(12-32-21)14-2-3-15(18(26)6-14)8-23(37)34-22-9-20(38-35-22)24(4-5-24)25(27,28)29/h2-3,6,9,11-13H,4-5,7-8H2,1H3,(H,34,35,37). The number of aryl methyl sites for hydroxylation is 1. The summed E-state index contributed by atoms with van der Waals surface area (Å²) < 4.78 is 60.8. The Hall–Kier alpha value is -4.60. The van der Waals surface area contributed by atoms with Crippen molar-refractivity contribution in [2.45, 2.75) is 37.3 Å². The van der Waals surface area contributed by atoms with Gasteiger partial charge >= 0.3 is 6.18 Å². The summed E-state index contributed by atoms with van der Waals surface area (Å²) in [6.45, 7) is 0. The van der Waals surface area contributed by atoms with Crippen molar-refractivity contribution < 1.29 is 26.9 Å². The lowest BCUT2D eigenvalue weighted by Gasteiger charge is -2.14. The molecule has 1 aromatic carbocycles. The molecule has 1 N–H and O–H groups in total. The molecule has 5 rings (SSSR count). The number of aromatic nitrogens is 5. The summed E-state index contributed by atoms with van der Waals surface area (Å²) in [5.74, 6) is -1.36. The van der Waals surface area contributed by atoms with Crippen LogP contribution in [0.2, 0.25) is 0 Å². The SMILES string of the molecule is Cn1ncc(Cc2ncc(-c3ccc(CC(=O)Nc4cc(C5(C(F)(F)F)CC5)on4)c(F)c3)cn2)c1C#N. The fraction of sp³-hybridized carbons (Fsp3) is 0.280. The van der Waals surface area contributed by atoms with Gasteiger partial charge in [-0.15, -0.1) is 0 Å². The number of hydrogen-bond donors (Lipinski definition) is 1. The first kappa shape index (κ1) is 25.1. The normalized spacial score (nSPS) is 14.2. The van der Waals surface area contributed by atoms with Crippen LogP contribution in [0.1, 0.15) is 41.2 Å². The molecule has 0 unspecified atom stereocenters. The maximum absolute atomic E-state index is 14.8. The number of amides is 1. The van der Waals surface area contributed by atoms with Gasteiger partial charge in [-0.3, -0.25) is 9.48 Å². The third-order valence-electron chi connectivity index (χ3n) is 6.45.